The fraction of sp³-hybridized carbons (Fsp3) is 0.621. The standard InChI is InChI=1S/C29H40N2O6/c1-7-16-30(23-18(5)12-11-13-19(23)6)26(34)24-29-15-14-28(9-3,37-29)22(27(35)36-10-4)21(29)25(33)31(24)20(8-2)17-32/h7,11-13,20-22,24,32H,1,8-10,14-17H2,2-6H3/t20-,21-,22+,24?,28-,29?/m0/s1. The number of aliphatic hydroxyl groups excluding tert-OH is 1. The van der Waals surface area contributed by atoms with E-state index in [1.54, 1.807) is 17.9 Å². The van der Waals surface area contributed by atoms with Crippen LogP contribution in [-0.2, 0) is 23.9 Å². The molecule has 3 aliphatic rings. The maximum Gasteiger partial charge on any atom is 0.312 e. The van der Waals surface area contributed by atoms with Crippen LogP contribution in [0.3, 0.4) is 0 Å². The van der Waals surface area contributed by atoms with Gasteiger partial charge in [0.05, 0.1) is 30.8 Å². The first-order valence-corrected chi connectivity index (χ1v) is 13.5. The van der Waals surface area contributed by atoms with Crippen LogP contribution >= 0.6 is 0 Å². The van der Waals surface area contributed by atoms with Crippen LogP contribution in [0.2, 0.25) is 0 Å². The average molecular weight is 513 g/mol. The third-order valence-electron chi connectivity index (χ3n) is 8.76. The highest BCUT2D eigenvalue weighted by Gasteiger charge is 2.79. The van der Waals surface area contributed by atoms with Gasteiger partial charge in [0.1, 0.15) is 17.6 Å². The lowest BCUT2D eigenvalue weighted by Gasteiger charge is -2.40. The second-order valence-corrected chi connectivity index (χ2v) is 10.6. The number of amides is 2. The average Bonchev–Trinajstić information content (AvgIpc) is 3.48. The van der Waals surface area contributed by atoms with Crippen molar-refractivity contribution in [3.63, 3.8) is 0 Å². The summed E-state index contributed by atoms with van der Waals surface area (Å²) in [6.45, 7) is 13.5. The highest BCUT2D eigenvalue weighted by Crippen LogP contribution is 2.65. The molecule has 2 amide bonds. The molecule has 0 aliphatic carbocycles. The Hall–Kier alpha value is -2.71. The largest absolute Gasteiger partial charge is 0.466 e. The highest BCUT2D eigenvalue weighted by molar-refractivity contribution is 6.05. The monoisotopic (exact) mass is 512 g/mol. The van der Waals surface area contributed by atoms with E-state index in [-0.39, 0.29) is 31.6 Å². The first-order chi connectivity index (χ1) is 17.7. The van der Waals surface area contributed by atoms with Crippen molar-refractivity contribution >= 4 is 23.5 Å². The Morgan fingerprint density at radius 3 is 2.49 bits per heavy atom. The number of hydrogen-bond acceptors (Lipinski definition) is 6. The molecular formula is C29H40N2O6. The topological polar surface area (TPSA) is 96.4 Å². The Kier molecular flexibility index (Phi) is 7.55. The Morgan fingerprint density at radius 2 is 1.95 bits per heavy atom. The van der Waals surface area contributed by atoms with Crippen molar-refractivity contribution < 1.29 is 29.0 Å². The maximum atomic E-state index is 14.7. The van der Waals surface area contributed by atoms with E-state index in [2.05, 4.69) is 6.58 Å². The first-order valence-electron chi connectivity index (χ1n) is 13.5. The fourth-order valence-electron chi connectivity index (χ4n) is 7.13. The Morgan fingerprint density at radius 1 is 1.27 bits per heavy atom. The van der Waals surface area contributed by atoms with Crippen molar-refractivity contribution in [3.8, 4) is 0 Å². The third-order valence-corrected chi connectivity index (χ3v) is 8.76. The molecule has 3 aliphatic heterocycles. The summed E-state index contributed by atoms with van der Waals surface area (Å²) >= 11 is 0. The number of para-hydroxylation sites is 1. The fourth-order valence-corrected chi connectivity index (χ4v) is 7.13. The number of ether oxygens (including phenoxy) is 2. The summed E-state index contributed by atoms with van der Waals surface area (Å²) in [5.41, 5.74) is 0.623. The van der Waals surface area contributed by atoms with Crippen molar-refractivity contribution in [2.45, 2.75) is 83.6 Å². The number of carbonyl (C=O) groups excluding carboxylic acids is 3. The molecule has 1 N–H and O–H groups in total. The second-order valence-electron chi connectivity index (χ2n) is 10.6. The van der Waals surface area contributed by atoms with Crippen LogP contribution in [0.25, 0.3) is 0 Å². The van der Waals surface area contributed by atoms with E-state index in [4.69, 9.17) is 9.47 Å². The number of esters is 1. The molecule has 3 fully saturated rings. The van der Waals surface area contributed by atoms with Gasteiger partial charge in [0.15, 0.2) is 0 Å². The van der Waals surface area contributed by atoms with Crippen LogP contribution < -0.4 is 4.90 Å². The van der Waals surface area contributed by atoms with E-state index < -0.39 is 41.1 Å². The number of aliphatic hydroxyl groups is 1. The van der Waals surface area contributed by atoms with Crippen LogP contribution in [0.1, 0.15) is 57.6 Å². The van der Waals surface area contributed by atoms with E-state index in [0.717, 1.165) is 16.8 Å². The first kappa shape index (κ1) is 27.3. The highest BCUT2D eigenvalue weighted by atomic mass is 16.6. The molecule has 1 spiro atoms. The number of likely N-dealkylation sites (tertiary alicyclic amines) is 1. The molecule has 37 heavy (non-hydrogen) atoms. The molecule has 0 saturated carbocycles. The third kappa shape index (κ3) is 3.91. The van der Waals surface area contributed by atoms with Gasteiger partial charge in [0.2, 0.25) is 5.91 Å². The normalized spacial score (nSPS) is 30.8. The minimum absolute atomic E-state index is 0.197. The minimum Gasteiger partial charge on any atom is -0.466 e. The number of fused-ring (bicyclic) bond motifs is 1. The van der Waals surface area contributed by atoms with Crippen LogP contribution in [0, 0.1) is 25.7 Å². The van der Waals surface area contributed by atoms with Gasteiger partial charge in [-0.05, 0) is 57.6 Å². The number of rotatable bonds is 10. The molecule has 0 radical (unpaired) electrons. The molecule has 8 nitrogen and oxygen atoms in total. The number of aryl methyl sites for hydroxylation is 2. The molecule has 6 atom stereocenters. The van der Waals surface area contributed by atoms with Gasteiger partial charge in [-0.15, -0.1) is 6.58 Å². The Bertz CT molecular complexity index is 1060. The molecule has 1 aromatic rings. The summed E-state index contributed by atoms with van der Waals surface area (Å²) in [6.07, 6.45) is 3.72. The van der Waals surface area contributed by atoms with Gasteiger partial charge >= 0.3 is 5.97 Å². The van der Waals surface area contributed by atoms with Gasteiger partial charge in [-0.3, -0.25) is 14.4 Å². The van der Waals surface area contributed by atoms with Crippen molar-refractivity contribution in [1.82, 2.24) is 4.90 Å². The van der Waals surface area contributed by atoms with E-state index in [1.165, 1.54) is 4.90 Å². The van der Waals surface area contributed by atoms with Gasteiger partial charge in [-0.2, -0.15) is 0 Å². The van der Waals surface area contributed by atoms with Gasteiger partial charge in [-0.1, -0.05) is 38.1 Å². The van der Waals surface area contributed by atoms with Crippen LogP contribution in [0.4, 0.5) is 5.69 Å². The molecule has 2 unspecified atom stereocenters. The quantitative estimate of drug-likeness (QED) is 0.382. The smallest absolute Gasteiger partial charge is 0.312 e. The second kappa shape index (κ2) is 10.2. The minimum atomic E-state index is -1.17. The number of benzene rings is 1. The van der Waals surface area contributed by atoms with Crippen LogP contribution in [-0.4, -0.2) is 70.8 Å². The summed E-state index contributed by atoms with van der Waals surface area (Å²) in [5, 5.41) is 10.3. The van der Waals surface area contributed by atoms with Crippen LogP contribution in [0.15, 0.2) is 30.9 Å². The molecule has 0 aromatic heterocycles. The molecule has 202 valence electrons. The maximum absolute atomic E-state index is 14.7. The lowest BCUT2D eigenvalue weighted by molar-refractivity contribution is -0.161. The summed E-state index contributed by atoms with van der Waals surface area (Å²) in [7, 11) is 0. The van der Waals surface area contributed by atoms with E-state index >= 15 is 0 Å². The lowest BCUT2D eigenvalue weighted by atomic mass is 9.65. The zero-order valence-electron chi connectivity index (χ0n) is 22.7. The summed E-state index contributed by atoms with van der Waals surface area (Å²) in [4.78, 5) is 45.4. The molecule has 1 aromatic carbocycles. The van der Waals surface area contributed by atoms with Gasteiger partial charge in [0, 0.05) is 12.2 Å². The van der Waals surface area contributed by atoms with E-state index in [0.29, 0.717) is 25.7 Å². The lowest BCUT2D eigenvalue weighted by Crippen LogP contribution is -2.59. The number of anilines is 1. The summed E-state index contributed by atoms with van der Waals surface area (Å²) in [6, 6.07) is 4.29. The van der Waals surface area contributed by atoms with E-state index in [1.807, 2.05) is 45.9 Å². The van der Waals surface area contributed by atoms with Gasteiger partial charge in [-0.25, -0.2) is 0 Å². The number of carbonyl (C=O) groups is 3. The SMILES string of the molecule is C=CCN(C(=O)C1N([C@@H](CC)CO)C(=O)[C@@H]2[C@H](C(=O)OCC)[C@]3(CC)CCC12O3)c1c(C)cccc1C. The van der Waals surface area contributed by atoms with Crippen molar-refractivity contribution in [2.75, 3.05) is 24.7 Å². The van der Waals surface area contributed by atoms with Crippen LogP contribution in [0.5, 0.6) is 0 Å². The Labute approximate surface area is 219 Å². The zero-order valence-corrected chi connectivity index (χ0v) is 22.7. The summed E-state index contributed by atoms with van der Waals surface area (Å²) < 4.78 is 12.2. The Balaban J connectivity index is 1.90. The molecule has 3 saturated heterocycles. The summed E-state index contributed by atoms with van der Waals surface area (Å²) in [5.74, 6) is -2.67. The molecule has 8 heteroatoms. The molecular weight excluding hydrogens is 472 g/mol. The molecule has 4 rings (SSSR count). The molecule has 2 bridgehead atoms. The van der Waals surface area contributed by atoms with Gasteiger partial charge in [0.25, 0.3) is 5.91 Å². The number of nitrogens with zero attached hydrogens (tertiary/aromatic N) is 2. The van der Waals surface area contributed by atoms with Crippen molar-refractivity contribution in [1.29, 1.82) is 0 Å². The van der Waals surface area contributed by atoms with Crippen molar-refractivity contribution in [2.24, 2.45) is 11.8 Å². The number of hydrogen-bond donors (Lipinski definition) is 1. The molecule has 3 heterocycles. The van der Waals surface area contributed by atoms with Gasteiger partial charge < -0.3 is 24.4 Å². The zero-order chi connectivity index (χ0) is 27.1. The predicted octanol–water partition coefficient (Wildman–Crippen LogP) is 3.31. The predicted molar refractivity (Wildman–Crippen MR) is 140 cm³/mol. The van der Waals surface area contributed by atoms with Crippen molar-refractivity contribution in [3.05, 3.63) is 42.0 Å². The van der Waals surface area contributed by atoms with E-state index in [9.17, 15) is 19.5 Å².